The highest BCUT2D eigenvalue weighted by atomic mass is 16.3. The quantitative estimate of drug-likeness (QED) is 0.165. The molecular formula is C54H34N2O. The molecule has 0 unspecified atom stereocenters. The Balaban J connectivity index is 1.11. The van der Waals surface area contributed by atoms with E-state index < -0.39 is 0 Å². The van der Waals surface area contributed by atoms with Crippen LogP contribution in [0.2, 0.25) is 0 Å². The fourth-order valence-electron chi connectivity index (χ4n) is 9.14. The number of hydrogen-bond donors (Lipinski definition) is 0. The SMILES string of the molecule is c1ccc(-n2c3ccccc3c3ccc(N(c4ccc(-c5cc6ccccc6c6ccccc56)cc4)c4cccc5oc6cc7ccccc7cc6c45)cc32)cc1. The van der Waals surface area contributed by atoms with E-state index in [0.29, 0.717) is 0 Å². The second-order valence-corrected chi connectivity index (χ2v) is 14.9. The first-order valence-electron chi connectivity index (χ1n) is 19.5. The van der Waals surface area contributed by atoms with Crippen molar-refractivity contribution in [1.82, 2.24) is 4.57 Å². The minimum absolute atomic E-state index is 0.863. The van der Waals surface area contributed by atoms with E-state index in [1.807, 2.05) is 0 Å². The van der Waals surface area contributed by atoms with E-state index >= 15 is 0 Å². The maximum Gasteiger partial charge on any atom is 0.137 e. The van der Waals surface area contributed by atoms with Crippen molar-refractivity contribution in [2.24, 2.45) is 0 Å². The molecule has 2 heterocycles. The molecular weight excluding hydrogens is 693 g/mol. The van der Waals surface area contributed by atoms with Crippen LogP contribution in [0.25, 0.3) is 92.9 Å². The monoisotopic (exact) mass is 726 g/mol. The van der Waals surface area contributed by atoms with Gasteiger partial charge in [0, 0.05) is 33.2 Å². The van der Waals surface area contributed by atoms with E-state index in [9.17, 15) is 0 Å². The molecule has 12 aromatic rings. The Bertz CT molecular complexity index is 3520. The van der Waals surface area contributed by atoms with Gasteiger partial charge in [-0.2, -0.15) is 0 Å². The van der Waals surface area contributed by atoms with Gasteiger partial charge in [-0.3, -0.25) is 0 Å². The Morgan fingerprint density at radius 2 is 1.02 bits per heavy atom. The van der Waals surface area contributed by atoms with Gasteiger partial charge in [0.25, 0.3) is 0 Å². The summed E-state index contributed by atoms with van der Waals surface area (Å²) in [6.45, 7) is 0. The number of fused-ring (bicyclic) bond motifs is 10. The van der Waals surface area contributed by atoms with Crippen LogP contribution < -0.4 is 4.90 Å². The predicted octanol–water partition coefficient (Wildman–Crippen LogP) is 15.3. The number of nitrogens with zero attached hydrogens (tertiary/aromatic N) is 2. The molecule has 0 saturated heterocycles. The van der Waals surface area contributed by atoms with Crippen LogP contribution in [-0.4, -0.2) is 4.57 Å². The van der Waals surface area contributed by atoms with Crippen molar-refractivity contribution in [3.8, 4) is 16.8 Å². The number of anilines is 3. The Hall–Kier alpha value is -7.62. The van der Waals surface area contributed by atoms with Crippen molar-refractivity contribution in [1.29, 1.82) is 0 Å². The van der Waals surface area contributed by atoms with Crippen LogP contribution in [0.5, 0.6) is 0 Å². The minimum Gasteiger partial charge on any atom is -0.456 e. The van der Waals surface area contributed by atoms with Crippen LogP contribution in [0.3, 0.4) is 0 Å². The summed E-state index contributed by atoms with van der Waals surface area (Å²) in [7, 11) is 0. The van der Waals surface area contributed by atoms with Gasteiger partial charge in [-0.1, -0.05) is 133 Å². The zero-order valence-electron chi connectivity index (χ0n) is 30.9. The third kappa shape index (κ3) is 4.92. The highest BCUT2D eigenvalue weighted by Gasteiger charge is 2.22. The van der Waals surface area contributed by atoms with Crippen LogP contribution in [0.15, 0.2) is 211 Å². The molecule has 266 valence electrons. The van der Waals surface area contributed by atoms with Gasteiger partial charge in [-0.05, 0) is 116 Å². The zero-order chi connectivity index (χ0) is 37.5. The molecule has 0 bridgehead atoms. The Morgan fingerprint density at radius 3 is 1.84 bits per heavy atom. The highest BCUT2D eigenvalue weighted by Crippen LogP contribution is 2.46. The van der Waals surface area contributed by atoms with Gasteiger partial charge in [0.1, 0.15) is 11.2 Å². The summed E-state index contributed by atoms with van der Waals surface area (Å²) >= 11 is 0. The molecule has 12 rings (SSSR count). The number of hydrogen-bond acceptors (Lipinski definition) is 2. The topological polar surface area (TPSA) is 21.3 Å². The Kier molecular flexibility index (Phi) is 6.93. The second-order valence-electron chi connectivity index (χ2n) is 14.9. The lowest BCUT2D eigenvalue weighted by atomic mass is 9.93. The summed E-state index contributed by atoms with van der Waals surface area (Å²) in [5.74, 6) is 0. The second kappa shape index (κ2) is 12.5. The standard InChI is InChI=1S/C54H34N2O/c1-2-16-39(17-3-1)56-49-22-11-10-21-45(49)46-30-29-41(34-51(46)56)55(50-23-12-24-52-54(50)48-31-36-13-4-5-14-37(36)33-53(48)57-52)40-27-25-35(26-28-40)47-32-38-15-6-7-18-42(38)43-19-8-9-20-44(43)47/h1-34H. The van der Waals surface area contributed by atoms with E-state index in [2.05, 4.69) is 216 Å². The minimum atomic E-state index is 0.863. The molecule has 10 aromatic carbocycles. The third-order valence-electron chi connectivity index (χ3n) is 11.7. The first-order valence-corrected chi connectivity index (χ1v) is 19.5. The lowest BCUT2D eigenvalue weighted by Gasteiger charge is -2.27. The van der Waals surface area contributed by atoms with E-state index in [0.717, 1.165) is 50.2 Å². The van der Waals surface area contributed by atoms with E-state index in [-0.39, 0.29) is 0 Å². The maximum atomic E-state index is 6.63. The highest BCUT2D eigenvalue weighted by molar-refractivity contribution is 6.17. The molecule has 0 radical (unpaired) electrons. The molecule has 0 amide bonds. The third-order valence-corrected chi connectivity index (χ3v) is 11.7. The van der Waals surface area contributed by atoms with Gasteiger partial charge in [0.15, 0.2) is 0 Å². The molecule has 0 saturated carbocycles. The molecule has 0 spiro atoms. The molecule has 0 aliphatic heterocycles. The molecule has 2 aromatic heterocycles. The molecule has 0 atom stereocenters. The molecule has 3 nitrogen and oxygen atoms in total. The molecule has 0 N–H and O–H groups in total. The van der Waals surface area contributed by atoms with Crippen LogP contribution in [-0.2, 0) is 0 Å². The molecule has 3 heteroatoms. The average Bonchev–Trinajstić information content (AvgIpc) is 3.81. The van der Waals surface area contributed by atoms with Crippen LogP contribution in [0, 0.1) is 0 Å². The lowest BCUT2D eigenvalue weighted by molar-refractivity contribution is 0.669. The summed E-state index contributed by atoms with van der Waals surface area (Å²) < 4.78 is 9.02. The number of aromatic nitrogens is 1. The van der Waals surface area contributed by atoms with Gasteiger partial charge >= 0.3 is 0 Å². The van der Waals surface area contributed by atoms with Crippen LogP contribution in [0.4, 0.5) is 17.1 Å². The van der Waals surface area contributed by atoms with Crippen molar-refractivity contribution >= 4 is 93.1 Å². The van der Waals surface area contributed by atoms with Crippen LogP contribution >= 0.6 is 0 Å². The summed E-state index contributed by atoms with van der Waals surface area (Å²) in [5, 5.41) is 12.0. The largest absolute Gasteiger partial charge is 0.456 e. The number of para-hydroxylation sites is 2. The fourth-order valence-corrected chi connectivity index (χ4v) is 9.14. The van der Waals surface area contributed by atoms with Gasteiger partial charge < -0.3 is 13.9 Å². The zero-order valence-corrected chi connectivity index (χ0v) is 30.9. The number of benzene rings is 10. The van der Waals surface area contributed by atoms with Gasteiger partial charge in [-0.25, -0.2) is 0 Å². The van der Waals surface area contributed by atoms with E-state index in [1.165, 1.54) is 59.7 Å². The van der Waals surface area contributed by atoms with E-state index in [1.54, 1.807) is 0 Å². The predicted molar refractivity (Wildman–Crippen MR) is 241 cm³/mol. The summed E-state index contributed by atoms with van der Waals surface area (Å²) in [4.78, 5) is 2.40. The summed E-state index contributed by atoms with van der Waals surface area (Å²) in [6, 6.07) is 74.6. The van der Waals surface area contributed by atoms with Gasteiger partial charge in [0.2, 0.25) is 0 Å². The molecule has 0 aliphatic rings. The van der Waals surface area contributed by atoms with E-state index in [4.69, 9.17) is 4.42 Å². The van der Waals surface area contributed by atoms with Crippen molar-refractivity contribution in [2.45, 2.75) is 0 Å². The lowest BCUT2D eigenvalue weighted by Crippen LogP contribution is -2.10. The molecule has 0 fully saturated rings. The number of furan rings is 1. The first-order chi connectivity index (χ1) is 28.3. The molecule has 0 aliphatic carbocycles. The molecule has 57 heavy (non-hydrogen) atoms. The first kappa shape index (κ1) is 31.7. The number of rotatable bonds is 5. The average molecular weight is 727 g/mol. The Labute approximate surface area is 328 Å². The van der Waals surface area contributed by atoms with Gasteiger partial charge in [-0.15, -0.1) is 0 Å². The maximum absolute atomic E-state index is 6.63. The summed E-state index contributed by atoms with van der Waals surface area (Å²) in [5.41, 5.74) is 10.8. The van der Waals surface area contributed by atoms with Crippen molar-refractivity contribution in [3.63, 3.8) is 0 Å². The van der Waals surface area contributed by atoms with Crippen molar-refractivity contribution in [2.75, 3.05) is 4.90 Å². The van der Waals surface area contributed by atoms with Crippen LogP contribution in [0.1, 0.15) is 0 Å². The summed E-state index contributed by atoms with van der Waals surface area (Å²) in [6.07, 6.45) is 0. The normalized spacial score (nSPS) is 11.9. The fraction of sp³-hybridized carbons (Fsp3) is 0. The Morgan fingerprint density at radius 1 is 0.368 bits per heavy atom. The smallest absolute Gasteiger partial charge is 0.137 e. The van der Waals surface area contributed by atoms with Gasteiger partial charge in [0.05, 0.1) is 22.1 Å². The van der Waals surface area contributed by atoms with Crippen molar-refractivity contribution in [3.05, 3.63) is 206 Å². The van der Waals surface area contributed by atoms with Crippen molar-refractivity contribution < 1.29 is 4.42 Å².